The van der Waals surface area contributed by atoms with Crippen molar-refractivity contribution in [3.05, 3.63) is 164 Å². The van der Waals surface area contributed by atoms with Crippen LogP contribution in [-0.4, -0.2) is 15.0 Å². The fourth-order valence-corrected chi connectivity index (χ4v) is 3.33. The van der Waals surface area contributed by atoms with Crippen LogP contribution in [0.3, 0.4) is 0 Å². The molecule has 0 fully saturated rings. The van der Waals surface area contributed by atoms with Crippen molar-refractivity contribution < 1.29 is 20.1 Å². The van der Waals surface area contributed by atoms with Crippen molar-refractivity contribution in [1.29, 1.82) is 0 Å². The van der Waals surface area contributed by atoms with E-state index in [1.165, 1.54) is 5.56 Å². The second-order valence-electron chi connectivity index (χ2n) is 7.98. The van der Waals surface area contributed by atoms with E-state index in [1.54, 1.807) is 18.6 Å². The normalized spacial score (nSPS) is 9.50. The number of nitrogens with zero attached hydrogens (tertiary/aromatic N) is 3. The third-order valence-corrected chi connectivity index (χ3v) is 5.21. The molecule has 0 aliphatic carbocycles. The first kappa shape index (κ1) is 28.3. The smallest absolute Gasteiger partial charge is 0.305 e. The zero-order valence-corrected chi connectivity index (χ0v) is 23.3. The standard InChI is InChI=1S/C12H10N.2C11H8N.Ir/c1-10-5-7-11(8-6-10)12-4-2-3-9-13-12;2*1-2-6-10(7-3-1)11-8-4-5-9-12-11;/h2-7,9H,1H3;2*1-6,8-9H;/q3*-1;+3. The van der Waals surface area contributed by atoms with Gasteiger partial charge in [0.2, 0.25) is 0 Å². The molecule has 0 radical (unpaired) electrons. The van der Waals surface area contributed by atoms with Gasteiger partial charge in [-0.05, 0) is 35.3 Å². The van der Waals surface area contributed by atoms with Crippen LogP contribution in [-0.2, 0) is 20.1 Å². The summed E-state index contributed by atoms with van der Waals surface area (Å²) >= 11 is 0. The van der Waals surface area contributed by atoms with Crippen molar-refractivity contribution in [1.82, 2.24) is 15.0 Å². The van der Waals surface area contributed by atoms with E-state index >= 15 is 0 Å². The summed E-state index contributed by atoms with van der Waals surface area (Å²) in [4.78, 5) is 12.7. The second-order valence-corrected chi connectivity index (χ2v) is 7.98. The van der Waals surface area contributed by atoms with E-state index in [2.05, 4.69) is 46.1 Å². The van der Waals surface area contributed by atoms with E-state index < -0.39 is 0 Å². The number of hydrogen-bond donors (Lipinski definition) is 0. The van der Waals surface area contributed by atoms with Gasteiger partial charge < -0.3 is 15.0 Å². The van der Waals surface area contributed by atoms with Crippen LogP contribution < -0.4 is 0 Å². The van der Waals surface area contributed by atoms with Gasteiger partial charge in [-0.15, -0.1) is 107 Å². The molecule has 0 amide bonds. The van der Waals surface area contributed by atoms with Crippen LogP contribution in [0.2, 0.25) is 0 Å². The maximum atomic E-state index is 4.25. The van der Waals surface area contributed by atoms with Crippen molar-refractivity contribution in [2.45, 2.75) is 6.92 Å². The van der Waals surface area contributed by atoms with E-state index in [9.17, 15) is 0 Å². The van der Waals surface area contributed by atoms with Crippen LogP contribution in [0, 0.1) is 25.1 Å². The Balaban J connectivity index is 0.000000156. The third kappa shape index (κ3) is 9.01. The molecule has 3 aromatic carbocycles. The first-order chi connectivity index (χ1) is 18.3. The molecule has 0 saturated heterocycles. The largest absolute Gasteiger partial charge is 3.00 e. The van der Waals surface area contributed by atoms with Gasteiger partial charge in [0.25, 0.3) is 0 Å². The van der Waals surface area contributed by atoms with Gasteiger partial charge in [-0.2, -0.15) is 0 Å². The quantitative estimate of drug-likeness (QED) is 0.180. The maximum absolute atomic E-state index is 4.25. The molecule has 0 N–H and O–H groups in total. The van der Waals surface area contributed by atoms with Crippen LogP contribution in [0.25, 0.3) is 33.8 Å². The van der Waals surface area contributed by atoms with Crippen LogP contribution in [0.5, 0.6) is 0 Å². The monoisotopic (exact) mass is 669 g/mol. The Kier molecular flexibility index (Phi) is 11.8. The summed E-state index contributed by atoms with van der Waals surface area (Å²) in [7, 11) is 0. The fraction of sp³-hybridized carbons (Fsp3) is 0.0294. The Morgan fingerprint density at radius 2 is 0.868 bits per heavy atom. The predicted molar refractivity (Wildman–Crippen MR) is 150 cm³/mol. The van der Waals surface area contributed by atoms with Gasteiger partial charge in [0, 0.05) is 18.6 Å². The van der Waals surface area contributed by atoms with Gasteiger partial charge in [0.15, 0.2) is 0 Å². The molecule has 0 atom stereocenters. The molecule has 0 saturated carbocycles. The molecule has 3 heterocycles. The number of benzene rings is 3. The molecule has 3 nitrogen and oxygen atoms in total. The maximum Gasteiger partial charge on any atom is 3.00 e. The van der Waals surface area contributed by atoms with Crippen molar-refractivity contribution in [2.75, 3.05) is 0 Å². The molecule has 38 heavy (non-hydrogen) atoms. The number of aryl methyl sites for hydroxylation is 1. The summed E-state index contributed by atoms with van der Waals surface area (Å²) < 4.78 is 0. The third-order valence-electron chi connectivity index (χ3n) is 5.21. The Morgan fingerprint density at radius 3 is 1.18 bits per heavy atom. The van der Waals surface area contributed by atoms with Gasteiger partial charge in [-0.1, -0.05) is 43.3 Å². The van der Waals surface area contributed by atoms with Crippen LogP contribution in [0.15, 0.2) is 140 Å². The SMILES string of the molecule is Cc1c[c-]c(-c2ccccn2)cc1.[Ir+3].[c-]1ccccc1-c1ccccn1.[c-]1ccccc1-c1ccccn1. The van der Waals surface area contributed by atoms with Gasteiger partial charge in [0.05, 0.1) is 0 Å². The van der Waals surface area contributed by atoms with E-state index in [-0.39, 0.29) is 20.1 Å². The molecule has 0 aliphatic heterocycles. The molecule has 186 valence electrons. The van der Waals surface area contributed by atoms with E-state index in [0.29, 0.717) is 0 Å². The van der Waals surface area contributed by atoms with Crippen molar-refractivity contribution in [3.63, 3.8) is 0 Å². The summed E-state index contributed by atoms with van der Waals surface area (Å²) in [5.74, 6) is 0. The summed E-state index contributed by atoms with van der Waals surface area (Å²) in [5, 5.41) is 0. The fourth-order valence-electron chi connectivity index (χ4n) is 3.33. The summed E-state index contributed by atoms with van der Waals surface area (Å²) in [5.41, 5.74) is 7.26. The Labute approximate surface area is 238 Å². The van der Waals surface area contributed by atoms with Crippen molar-refractivity contribution in [3.8, 4) is 33.8 Å². The van der Waals surface area contributed by atoms with Gasteiger partial charge in [0.1, 0.15) is 0 Å². The summed E-state index contributed by atoms with van der Waals surface area (Å²) in [6, 6.07) is 48.8. The van der Waals surface area contributed by atoms with Crippen molar-refractivity contribution >= 4 is 0 Å². The molecule has 6 aromatic rings. The number of pyridine rings is 3. The summed E-state index contributed by atoms with van der Waals surface area (Å²) in [6.45, 7) is 2.05. The van der Waals surface area contributed by atoms with E-state index in [1.807, 2.05) is 115 Å². The molecule has 3 aromatic heterocycles. The van der Waals surface area contributed by atoms with Crippen LogP contribution in [0.4, 0.5) is 0 Å². The number of hydrogen-bond acceptors (Lipinski definition) is 3. The molecule has 0 unspecified atom stereocenters. The predicted octanol–water partition coefficient (Wildman–Crippen LogP) is 7.95. The van der Waals surface area contributed by atoms with Crippen LogP contribution in [0.1, 0.15) is 5.56 Å². The van der Waals surface area contributed by atoms with Crippen molar-refractivity contribution in [2.24, 2.45) is 0 Å². The van der Waals surface area contributed by atoms with E-state index in [4.69, 9.17) is 0 Å². The first-order valence-corrected chi connectivity index (χ1v) is 12.0. The Morgan fingerprint density at radius 1 is 0.447 bits per heavy atom. The van der Waals surface area contributed by atoms with Crippen LogP contribution >= 0.6 is 0 Å². The average molecular weight is 669 g/mol. The molecule has 6 rings (SSSR count). The summed E-state index contributed by atoms with van der Waals surface area (Å²) in [6.07, 6.45) is 5.37. The molecule has 0 aliphatic rings. The molecule has 4 heteroatoms. The number of rotatable bonds is 3. The van der Waals surface area contributed by atoms with Gasteiger partial charge in [-0.3, -0.25) is 0 Å². The molecular formula is C34H26IrN3. The number of aromatic nitrogens is 3. The van der Waals surface area contributed by atoms with Gasteiger partial charge >= 0.3 is 20.1 Å². The Hall–Kier alpha value is -4.24. The topological polar surface area (TPSA) is 38.7 Å². The first-order valence-electron chi connectivity index (χ1n) is 12.0. The minimum Gasteiger partial charge on any atom is -0.305 e. The minimum absolute atomic E-state index is 0. The Bertz CT molecular complexity index is 1280. The van der Waals surface area contributed by atoms with Gasteiger partial charge in [-0.25, -0.2) is 0 Å². The zero-order chi connectivity index (χ0) is 25.5. The molecule has 0 bridgehead atoms. The van der Waals surface area contributed by atoms with E-state index in [0.717, 1.165) is 33.8 Å². The second kappa shape index (κ2) is 15.8. The zero-order valence-electron chi connectivity index (χ0n) is 21.0. The molecular weight excluding hydrogens is 643 g/mol. The molecule has 0 spiro atoms. The average Bonchev–Trinajstić information content (AvgIpc) is 3.00. The minimum atomic E-state index is 0.